The van der Waals surface area contributed by atoms with Crippen LogP contribution < -0.4 is 0 Å². The summed E-state index contributed by atoms with van der Waals surface area (Å²) in [5, 5.41) is 27.5. The number of Topliss-reactive ketones (excluding diaryl/α,β-unsaturated/α-hetero) is 6. The summed E-state index contributed by atoms with van der Waals surface area (Å²) in [7, 11) is 0. The van der Waals surface area contributed by atoms with E-state index in [1.807, 2.05) is 54.6 Å². The highest BCUT2D eigenvalue weighted by Gasteiger charge is 2.09. The van der Waals surface area contributed by atoms with E-state index in [2.05, 4.69) is 73.3 Å². The molecule has 0 aliphatic rings. The maximum atomic E-state index is 11.3. The lowest BCUT2D eigenvalue weighted by Crippen LogP contribution is -2.14. The van der Waals surface area contributed by atoms with Crippen LogP contribution in [-0.2, 0) is 0 Å². The quantitative estimate of drug-likeness (QED) is 0.109. The molecule has 0 unspecified atom stereocenters. The average Bonchev–Trinajstić information content (AvgIpc) is 3.38. The molecule has 6 aromatic carbocycles. The molecular formula is C67H66Br2O9. The topological polar surface area (TPSA) is 163 Å². The fourth-order valence-corrected chi connectivity index (χ4v) is 6.32. The minimum absolute atomic E-state index is 0.0125. The van der Waals surface area contributed by atoms with Crippen LogP contribution in [0.3, 0.4) is 0 Å². The molecule has 0 spiro atoms. The number of hydrogen-bond donors (Lipinski definition) is 3. The molecule has 0 heterocycles. The molecule has 9 nitrogen and oxygen atoms in total. The molecule has 0 atom stereocenters. The van der Waals surface area contributed by atoms with Crippen molar-refractivity contribution < 1.29 is 44.1 Å². The van der Waals surface area contributed by atoms with Crippen LogP contribution in [0.5, 0.6) is 0 Å². The Labute approximate surface area is 478 Å². The molecule has 0 fully saturated rings. The Balaban J connectivity index is 0.000000899. The van der Waals surface area contributed by atoms with Crippen molar-refractivity contribution >= 4 is 66.6 Å². The van der Waals surface area contributed by atoms with Crippen molar-refractivity contribution in [2.75, 3.05) is 0 Å². The number of terminal acetylenes is 3. The summed E-state index contributed by atoms with van der Waals surface area (Å²) in [6.45, 7) is 18.7. The molecule has 0 saturated heterocycles. The first-order valence-electron chi connectivity index (χ1n) is 23.8. The highest BCUT2D eigenvalue weighted by molar-refractivity contribution is 9.10. The van der Waals surface area contributed by atoms with Gasteiger partial charge in [-0.2, -0.15) is 0 Å². The Hall–Kier alpha value is -8.02. The number of aliphatic hydroxyl groups is 3. The van der Waals surface area contributed by atoms with Crippen molar-refractivity contribution in [2.45, 2.75) is 99.9 Å². The second-order valence-corrected chi connectivity index (χ2v) is 20.0. The smallest absolute Gasteiger partial charge is 0.161 e. The van der Waals surface area contributed by atoms with Gasteiger partial charge in [0.15, 0.2) is 34.7 Å². The molecular weight excluding hydrogens is 1110 g/mol. The van der Waals surface area contributed by atoms with Crippen LogP contribution >= 0.6 is 31.9 Å². The van der Waals surface area contributed by atoms with E-state index in [9.17, 15) is 39.0 Å². The fraction of sp³-hybridized carbons (Fsp3) is 0.224. The molecule has 0 saturated carbocycles. The molecule has 3 N–H and O–H groups in total. The van der Waals surface area contributed by atoms with Crippen LogP contribution in [0.2, 0.25) is 0 Å². The molecule has 78 heavy (non-hydrogen) atoms. The second-order valence-electron chi connectivity index (χ2n) is 18.2. The lowest BCUT2D eigenvalue weighted by molar-refractivity contribution is 0.100. The maximum absolute atomic E-state index is 11.3. The zero-order valence-electron chi connectivity index (χ0n) is 46.1. The van der Waals surface area contributed by atoms with Crippen molar-refractivity contribution in [1.29, 1.82) is 0 Å². The summed E-state index contributed by atoms with van der Waals surface area (Å²) >= 11 is 6.55. The Kier molecular flexibility index (Phi) is 31.7. The van der Waals surface area contributed by atoms with Gasteiger partial charge in [0.2, 0.25) is 0 Å². The van der Waals surface area contributed by atoms with Gasteiger partial charge in [-0.1, -0.05) is 164 Å². The third-order valence-electron chi connectivity index (χ3n) is 9.33. The molecule has 0 bridgehead atoms. The Bertz CT molecular complexity index is 3280. The summed E-state index contributed by atoms with van der Waals surface area (Å²) in [5.74, 6) is 18.4. The van der Waals surface area contributed by atoms with E-state index in [0.717, 1.165) is 31.2 Å². The van der Waals surface area contributed by atoms with Gasteiger partial charge in [0, 0.05) is 64.6 Å². The van der Waals surface area contributed by atoms with Crippen molar-refractivity contribution in [2.24, 2.45) is 0 Å². The van der Waals surface area contributed by atoms with Gasteiger partial charge in [0.25, 0.3) is 0 Å². The highest BCUT2D eigenvalue weighted by Crippen LogP contribution is 2.16. The Morgan fingerprint density at radius 1 is 0.397 bits per heavy atom. The van der Waals surface area contributed by atoms with Gasteiger partial charge in [-0.05, 0) is 138 Å². The zero-order chi connectivity index (χ0) is 59.8. The zero-order valence-corrected chi connectivity index (χ0v) is 49.3. The van der Waals surface area contributed by atoms with Gasteiger partial charge in [-0.15, -0.1) is 19.3 Å². The Morgan fingerprint density at radius 3 is 1.10 bits per heavy atom. The van der Waals surface area contributed by atoms with E-state index in [0.29, 0.717) is 33.4 Å². The van der Waals surface area contributed by atoms with Gasteiger partial charge in [-0.3, -0.25) is 28.8 Å². The number of rotatable bonds is 6. The number of carbonyl (C=O) groups is 6. The SMILES string of the molecule is C#CC(C)(C)O.C#Cc1cccc(C(C)=O)c1.C#Cc1ccccc1C(C)=O.CC(=O)c1cccc(Br)c1.CC(=O)c1cccc(C#CC(C)(C)O)c1.CC(=O)c1ccccc1Br.CC(=O)c1ccccc1C#CC(C)(C)O. The first-order chi connectivity index (χ1) is 36.2. The summed E-state index contributed by atoms with van der Waals surface area (Å²) in [6, 6.07) is 43.1. The van der Waals surface area contributed by atoms with E-state index in [-0.39, 0.29) is 34.7 Å². The fourth-order valence-electron chi connectivity index (χ4n) is 5.36. The number of benzene rings is 6. The highest BCUT2D eigenvalue weighted by atomic mass is 79.9. The van der Waals surface area contributed by atoms with Crippen molar-refractivity contribution in [3.63, 3.8) is 0 Å². The van der Waals surface area contributed by atoms with E-state index in [1.54, 1.807) is 146 Å². The van der Waals surface area contributed by atoms with E-state index in [1.165, 1.54) is 27.7 Å². The van der Waals surface area contributed by atoms with Crippen molar-refractivity contribution in [3.05, 3.63) is 210 Å². The largest absolute Gasteiger partial charge is 0.378 e. The van der Waals surface area contributed by atoms with E-state index < -0.39 is 16.8 Å². The molecule has 0 aliphatic carbocycles. The van der Waals surface area contributed by atoms with Crippen LogP contribution in [0.25, 0.3) is 0 Å². The number of carbonyl (C=O) groups excluding carboxylic acids is 6. The molecule has 0 radical (unpaired) electrons. The van der Waals surface area contributed by atoms with Gasteiger partial charge in [0.05, 0.1) is 0 Å². The molecule has 0 aromatic heterocycles. The standard InChI is InChI=1S/2C13H14O2.2C10H8O.2C8H7BrO.C5H8O/c1-10(14)12-6-4-5-11(9-12)7-8-13(2,3)15;1-10(14)12-7-5-4-6-11(12)8-9-13(2,3)15;1-3-9-5-4-6-10(7-9)8(2)11;1-3-9-6-4-5-7-10(9)8(2)11;1-6(10)7-3-2-4-8(9)5-7;1-6(10)7-4-2-3-5-8(7)9;1-4-5(2,3)6/h4-6,9,15H,1-3H3;4-7,15H,1-3H3;2*1,4-7H,2H3;2*2-5H,1H3;1,6H,2-3H3. The average molecular weight is 1180 g/mol. The van der Waals surface area contributed by atoms with Gasteiger partial charge >= 0.3 is 0 Å². The van der Waals surface area contributed by atoms with Crippen LogP contribution in [0, 0.1) is 60.7 Å². The van der Waals surface area contributed by atoms with Gasteiger partial charge < -0.3 is 15.3 Å². The molecule has 0 aliphatic heterocycles. The molecule has 6 aromatic rings. The normalized spacial score (nSPS) is 9.67. The van der Waals surface area contributed by atoms with Crippen LogP contribution in [0.1, 0.15) is 167 Å². The monoisotopic (exact) mass is 1170 g/mol. The van der Waals surface area contributed by atoms with Crippen LogP contribution in [-0.4, -0.2) is 66.8 Å². The number of hydrogen-bond acceptors (Lipinski definition) is 9. The maximum Gasteiger partial charge on any atom is 0.161 e. The summed E-state index contributed by atoms with van der Waals surface area (Å²) in [6.07, 6.45) is 15.1. The Morgan fingerprint density at radius 2 is 0.756 bits per heavy atom. The van der Waals surface area contributed by atoms with Crippen LogP contribution in [0.4, 0.5) is 0 Å². The van der Waals surface area contributed by atoms with E-state index in [4.69, 9.17) is 24.4 Å². The molecule has 402 valence electrons. The first-order valence-corrected chi connectivity index (χ1v) is 25.4. The molecule has 11 heteroatoms. The first kappa shape index (κ1) is 70.0. The lowest BCUT2D eigenvalue weighted by Gasteiger charge is -2.06. The van der Waals surface area contributed by atoms with E-state index >= 15 is 0 Å². The number of ketones is 6. The van der Waals surface area contributed by atoms with Crippen LogP contribution in [0.15, 0.2) is 155 Å². The minimum Gasteiger partial charge on any atom is -0.378 e. The minimum atomic E-state index is -1.04. The van der Waals surface area contributed by atoms with Crippen molar-refractivity contribution in [3.8, 4) is 60.7 Å². The summed E-state index contributed by atoms with van der Waals surface area (Å²) in [4.78, 5) is 65.7. The summed E-state index contributed by atoms with van der Waals surface area (Å²) < 4.78 is 1.81. The second kappa shape index (κ2) is 35.3. The molecule has 0 amide bonds. The summed E-state index contributed by atoms with van der Waals surface area (Å²) in [5.41, 5.74) is 3.84. The molecule has 6 rings (SSSR count). The van der Waals surface area contributed by atoms with Gasteiger partial charge in [-0.25, -0.2) is 0 Å². The third kappa shape index (κ3) is 31.8. The third-order valence-corrected chi connectivity index (χ3v) is 10.5. The van der Waals surface area contributed by atoms with Gasteiger partial charge in [0.1, 0.15) is 16.8 Å². The predicted molar refractivity (Wildman–Crippen MR) is 321 cm³/mol. The number of halogens is 2. The van der Waals surface area contributed by atoms with Crippen molar-refractivity contribution in [1.82, 2.24) is 0 Å². The lowest BCUT2D eigenvalue weighted by atomic mass is 10.0. The predicted octanol–water partition coefficient (Wildman–Crippen LogP) is 13.5.